The Bertz CT molecular complexity index is 892. The summed E-state index contributed by atoms with van der Waals surface area (Å²) in [5.41, 5.74) is 1.91. The lowest BCUT2D eigenvalue weighted by molar-refractivity contribution is 0.0398. The fraction of sp³-hybridized carbons (Fsp3) is 0.333. The Morgan fingerprint density at radius 2 is 1.81 bits per heavy atom. The molecule has 1 fully saturated rings. The summed E-state index contributed by atoms with van der Waals surface area (Å²) in [5, 5.41) is 4.55. The number of hydrogen-bond acceptors (Lipinski definition) is 6. The van der Waals surface area contributed by atoms with Gasteiger partial charge in [-0.3, -0.25) is 4.90 Å². The summed E-state index contributed by atoms with van der Waals surface area (Å²) in [6.45, 7) is 5.42. The molecular formula is C21H24N4O2. The third-order valence-corrected chi connectivity index (χ3v) is 4.78. The molecule has 0 amide bonds. The van der Waals surface area contributed by atoms with Gasteiger partial charge in [-0.05, 0) is 36.4 Å². The van der Waals surface area contributed by atoms with E-state index in [1.54, 1.807) is 7.11 Å². The lowest BCUT2D eigenvalue weighted by atomic mass is 10.1. The van der Waals surface area contributed by atoms with Gasteiger partial charge in [0.1, 0.15) is 11.6 Å². The summed E-state index contributed by atoms with van der Waals surface area (Å²) >= 11 is 0. The molecule has 2 heterocycles. The van der Waals surface area contributed by atoms with E-state index in [2.05, 4.69) is 16.3 Å². The van der Waals surface area contributed by atoms with Crippen LogP contribution in [-0.2, 0) is 4.74 Å². The molecule has 0 spiro atoms. The van der Waals surface area contributed by atoms with Crippen molar-refractivity contribution in [1.29, 1.82) is 0 Å². The van der Waals surface area contributed by atoms with Gasteiger partial charge in [-0.1, -0.05) is 12.1 Å². The topological polar surface area (TPSA) is 59.5 Å². The van der Waals surface area contributed by atoms with Crippen molar-refractivity contribution in [2.75, 3.05) is 51.8 Å². The Morgan fingerprint density at radius 1 is 1.04 bits per heavy atom. The second-order valence-corrected chi connectivity index (χ2v) is 6.52. The van der Waals surface area contributed by atoms with Crippen molar-refractivity contribution in [2.24, 2.45) is 0 Å². The van der Waals surface area contributed by atoms with Crippen LogP contribution >= 0.6 is 0 Å². The van der Waals surface area contributed by atoms with Crippen LogP contribution in [0.2, 0.25) is 0 Å². The number of nitrogens with zero attached hydrogens (tertiary/aromatic N) is 3. The standard InChI is InChI=1S/C21H24N4O2/c1-26-17-8-6-16(7-9-17)20-23-19-5-3-2-4-18(19)21(24-20)22-10-11-25-12-14-27-15-13-25/h2-9H,10-15H2,1H3,(H,22,23,24). The molecule has 1 saturated heterocycles. The molecule has 2 aromatic carbocycles. The molecule has 0 bridgehead atoms. The Balaban J connectivity index is 1.57. The quantitative estimate of drug-likeness (QED) is 0.725. The van der Waals surface area contributed by atoms with Crippen LogP contribution in [0.3, 0.4) is 0 Å². The third kappa shape index (κ3) is 4.18. The van der Waals surface area contributed by atoms with Crippen molar-refractivity contribution in [3.05, 3.63) is 48.5 Å². The number of para-hydroxylation sites is 1. The van der Waals surface area contributed by atoms with Crippen LogP contribution in [0.1, 0.15) is 0 Å². The monoisotopic (exact) mass is 364 g/mol. The molecule has 0 aliphatic carbocycles. The van der Waals surface area contributed by atoms with Gasteiger partial charge in [0, 0.05) is 37.1 Å². The molecule has 1 N–H and O–H groups in total. The summed E-state index contributed by atoms with van der Waals surface area (Å²) in [6.07, 6.45) is 0. The Hall–Kier alpha value is -2.70. The zero-order valence-electron chi connectivity index (χ0n) is 15.5. The lowest BCUT2D eigenvalue weighted by Gasteiger charge is -2.26. The summed E-state index contributed by atoms with van der Waals surface area (Å²) < 4.78 is 10.7. The molecule has 27 heavy (non-hydrogen) atoms. The van der Waals surface area contributed by atoms with Gasteiger partial charge in [0.2, 0.25) is 0 Å². The van der Waals surface area contributed by atoms with Crippen LogP contribution in [-0.4, -0.2) is 61.4 Å². The van der Waals surface area contributed by atoms with E-state index in [4.69, 9.17) is 19.4 Å². The predicted octanol–water partition coefficient (Wildman–Crippen LogP) is 3.05. The van der Waals surface area contributed by atoms with Crippen LogP contribution in [0, 0.1) is 0 Å². The Morgan fingerprint density at radius 3 is 2.59 bits per heavy atom. The van der Waals surface area contributed by atoms with E-state index in [1.807, 2.05) is 42.5 Å². The first-order valence-corrected chi connectivity index (χ1v) is 9.29. The van der Waals surface area contributed by atoms with E-state index in [0.29, 0.717) is 5.82 Å². The van der Waals surface area contributed by atoms with Crippen LogP contribution in [0.15, 0.2) is 48.5 Å². The summed E-state index contributed by atoms with van der Waals surface area (Å²) in [4.78, 5) is 12.0. The van der Waals surface area contributed by atoms with Gasteiger partial charge >= 0.3 is 0 Å². The highest BCUT2D eigenvalue weighted by atomic mass is 16.5. The van der Waals surface area contributed by atoms with Crippen LogP contribution in [0.4, 0.5) is 5.82 Å². The normalized spacial score (nSPS) is 15.0. The molecule has 0 unspecified atom stereocenters. The minimum atomic E-state index is 0.713. The van der Waals surface area contributed by atoms with E-state index in [9.17, 15) is 0 Å². The summed E-state index contributed by atoms with van der Waals surface area (Å²) in [5.74, 6) is 2.41. The van der Waals surface area contributed by atoms with Gasteiger partial charge in [0.15, 0.2) is 5.82 Å². The molecule has 6 nitrogen and oxygen atoms in total. The number of morpholine rings is 1. The fourth-order valence-corrected chi connectivity index (χ4v) is 3.24. The Kier molecular flexibility index (Phi) is 5.46. The van der Waals surface area contributed by atoms with Gasteiger partial charge in [-0.15, -0.1) is 0 Å². The van der Waals surface area contributed by atoms with Crippen molar-refractivity contribution in [3.8, 4) is 17.1 Å². The summed E-state index contributed by atoms with van der Waals surface area (Å²) in [6, 6.07) is 15.9. The number of anilines is 1. The largest absolute Gasteiger partial charge is 0.497 e. The van der Waals surface area contributed by atoms with Gasteiger partial charge in [-0.25, -0.2) is 9.97 Å². The molecule has 4 rings (SSSR count). The highest BCUT2D eigenvalue weighted by Crippen LogP contribution is 2.26. The molecule has 0 atom stereocenters. The zero-order chi connectivity index (χ0) is 18.5. The second kappa shape index (κ2) is 8.33. The average molecular weight is 364 g/mol. The van der Waals surface area contributed by atoms with Crippen molar-refractivity contribution in [3.63, 3.8) is 0 Å². The van der Waals surface area contributed by atoms with Crippen LogP contribution in [0.5, 0.6) is 5.75 Å². The molecule has 140 valence electrons. The highest BCUT2D eigenvalue weighted by Gasteiger charge is 2.12. The third-order valence-electron chi connectivity index (χ3n) is 4.78. The van der Waals surface area contributed by atoms with Crippen molar-refractivity contribution >= 4 is 16.7 Å². The van der Waals surface area contributed by atoms with E-state index < -0.39 is 0 Å². The van der Waals surface area contributed by atoms with Gasteiger partial charge in [0.05, 0.1) is 25.8 Å². The second-order valence-electron chi connectivity index (χ2n) is 6.52. The maximum absolute atomic E-state index is 5.41. The number of rotatable bonds is 6. The van der Waals surface area contributed by atoms with E-state index in [-0.39, 0.29) is 0 Å². The molecule has 6 heteroatoms. The first kappa shape index (κ1) is 17.7. The molecule has 1 aliphatic heterocycles. The number of fused-ring (bicyclic) bond motifs is 1. The molecule has 0 radical (unpaired) electrons. The molecule has 0 saturated carbocycles. The smallest absolute Gasteiger partial charge is 0.162 e. The van der Waals surface area contributed by atoms with Crippen LogP contribution in [0.25, 0.3) is 22.3 Å². The van der Waals surface area contributed by atoms with Crippen molar-refractivity contribution < 1.29 is 9.47 Å². The zero-order valence-corrected chi connectivity index (χ0v) is 15.5. The molecular weight excluding hydrogens is 340 g/mol. The van der Waals surface area contributed by atoms with E-state index in [1.165, 1.54) is 0 Å². The minimum Gasteiger partial charge on any atom is -0.497 e. The number of nitrogens with one attached hydrogen (secondary N) is 1. The molecule has 3 aromatic rings. The van der Waals surface area contributed by atoms with E-state index >= 15 is 0 Å². The number of aromatic nitrogens is 2. The summed E-state index contributed by atoms with van der Waals surface area (Å²) in [7, 11) is 1.66. The molecule has 1 aromatic heterocycles. The van der Waals surface area contributed by atoms with Gasteiger partial charge in [-0.2, -0.15) is 0 Å². The first-order valence-electron chi connectivity index (χ1n) is 9.29. The van der Waals surface area contributed by atoms with Gasteiger partial charge < -0.3 is 14.8 Å². The fourth-order valence-electron chi connectivity index (χ4n) is 3.24. The maximum Gasteiger partial charge on any atom is 0.162 e. The number of hydrogen-bond donors (Lipinski definition) is 1. The number of methoxy groups -OCH3 is 1. The van der Waals surface area contributed by atoms with Gasteiger partial charge in [0.25, 0.3) is 0 Å². The lowest BCUT2D eigenvalue weighted by Crippen LogP contribution is -2.39. The average Bonchev–Trinajstić information content (AvgIpc) is 2.74. The highest BCUT2D eigenvalue weighted by molar-refractivity contribution is 5.90. The van der Waals surface area contributed by atoms with E-state index in [0.717, 1.165) is 67.4 Å². The SMILES string of the molecule is COc1ccc(-c2nc(NCCN3CCOCC3)c3ccccc3n2)cc1. The van der Waals surface area contributed by atoms with Crippen molar-refractivity contribution in [2.45, 2.75) is 0 Å². The minimum absolute atomic E-state index is 0.713. The van der Waals surface area contributed by atoms with Crippen LogP contribution < -0.4 is 10.1 Å². The predicted molar refractivity (Wildman–Crippen MR) is 107 cm³/mol. The number of ether oxygens (including phenoxy) is 2. The number of benzene rings is 2. The Labute approximate surface area is 159 Å². The maximum atomic E-state index is 5.41. The van der Waals surface area contributed by atoms with Crippen molar-refractivity contribution in [1.82, 2.24) is 14.9 Å². The molecule has 1 aliphatic rings. The first-order chi connectivity index (χ1) is 13.3.